The number of rotatable bonds is 8. The molecule has 8 aromatic rings. The van der Waals surface area contributed by atoms with Gasteiger partial charge >= 0.3 is 47.7 Å². The molecule has 508 valence electrons. The van der Waals surface area contributed by atoms with Gasteiger partial charge in [-0.3, -0.25) is 20.4 Å². The number of nitrogens with two attached hydrogens (primary N) is 5. The zero-order chi connectivity index (χ0) is 70.5. The summed E-state index contributed by atoms with van der Waals surface area (Å²) < 4.78 is 16.1. The zero-order valence-electron chi connectivity index (χ0n) is 50.8. The van der Waals surface area contributed by atoms with Crippen LogP contribution < -0.4 is 68.9 Å². The molecule has 2 amide bonds. The Bertz CT molecular complexity index is 3890. The van der Waals surface area contributed by atoms with Gasteiger partial charge in [0.25, 0.3) is 0 Å². The molecular weight excluding hydrogens is 1690 g/mol. The Kier molecular flexibility index (Phi) is 39.6. The topological polar surface area (TPSA) is 375 Å². The molecule has 0 bridgehead atoms. The van der Waals surface area contributed by atoms with Crippen LogP contribution in [0.1, 0.15) is 68.0 Å². The van der Waals surface area contributed by atoms with E-state index < -0.39 is 35.0 Å². The molecule has 8 aromatic heterocycles. The number of hydrogen-bond acceptors (Lipinski definition) is 25. The van der Waals surface area contributed by atoms with E-state index in [0.717, 1.165) is 11.8 Å². The van der Waals surface area contributed by atoms with E-state index in [2.05, 4.69) is 71.7 Å². The van der Waals surface area contributed by atoms with Gasteiger partial charge in [0.15, 0.2) is 21.9 Å². The number of aromatic nitrogens is 11. The quantitative estimate of drug-likeness (QED) is 0.0109. The van der Waals surface area contributed by atoms with Crippen LogP contribution in [0, 0.1) is 9.77 Å². The fourth-order valence-corrected chi connectivity index (χ4v) is 10.0. The van der Waals surface area contributed by atoms with E-state index in [-0.39, 0.29) is 119 Å². The summed E-state index contributed by atoms with van der Waals surface area (Å²) in [6.07, 6.45) is 5.33. The van der Waals surface area contributed by atoms with E-state index in [0.29, 0.717) is 66.8 Å². The molecule has 42 heteroatoms. The van der Waals surface area contributed by atoms with Gasteiger partial charge in [-0.25, -0.2) is 54.4 Å². The van der Waals surface area contributed by atoms with Crippen LogP contribution in [0.5, 0.6) is 0 Å². The summed E-state index contributed by atoms with van der Waals surface area (Å²) in [7, 11) is 0. The van der Waals surface area contributed by atoms with Crippen LogP contribution in [0.2, 0.25) is 66.3 Å². The van der Waals surface area contributed by atoms with Gasteiger partial charge in [0.2, 0.25) is 0 Å². The summed E-state index contributed by atoms with van der Waals surface area (Å²) >= 11 is 79.3. The molecule has 0 spiro atoms. The van der Waals surface area contributed by atoms with Crippen molar-refractivity contribution >= 4 is 269 Å². The minimum Gasteiger partial charge on any atom is -0.813 e. The Balaban J connectivity index is 0.000000587. The van der Waals surface area contributed by atoms with Gasteiger partial charge in [0.1, 0.15) is 75.9 Å². The molecule has 0 saturated heterocycles. The summed E-state index contributed by atoms with van der Waals surface area (Å²) in [5.41, 5.74) is 26.2. The van der Waals surface area contributed by atoms with Crippen molar-refractivity contribution in [2.45, 2.75) is 105 Å². The average molecular weight is 1740 g/mol. The summed E-state index contributed by atoms with van der Waals surface area (Å²) in [4.78, 5) is 78.5. The maximum absolute atomic E-state index is 12.0. The smallest absolute Gasteiger partial charge is 0.813 e. The number of esters is 1. The Morgan fingerprint density at radius 3 is 1.35 bits per heavy atom. The summed E-state index contributed by atoms with van der Waals surface area (Å²) in [6.45, 7) is 16.0. The number of anilines is 7. The third-order valence-corrected chi connectivity index (χ3v) is 16.5. The zero-order valence-corrected chi connectivity index (χ0v) is 67.3. The average Bonchev–Trinajstić information content (AvgIpc) is 1.01. The molecule has 0 unspecified atom stereocenters. The summed E-state index contributed by atoms with van der Waals surface area (Å²) in [5, 5.41) is 8.87. The van der Waals surface area contributed by atoms with Crippen molar-refractivity contribution in [2.75, 3.05) is 39.3 Å². The van der Waals surface area contributed by atoms with Crippen molar-refractivity contribution in [3.63, 3.8) is 0 Å². The number of carbonyl (C=O) groups excluding carboxylic acids is 3. The van der Waals surface area contributed by atoms with Crippen molar-refractivity contribution in [3.8, 4) is 0 Å². The number of nitrogen functional groups attached to an aromatic ring is 5. The van der Waals surface area contributed by atoms with Gasteiger partial charge in [-0.1, -0.05) is 181 Å². The van der Waals surface area contributed by atoms with Gasteiger partial charge in [0.05, 0.1) is 54.8 Å². The molecule has 0 aliphatic heterocycles. The van der Waals surface area contributed by atoms with Gasteiger partial charge in [-0.05, 0) is 127 Å². The second-order valence-electron chi connectivity index (χ2n) is 20.1. The molecule has 0 aromatic carbocycles. The Hall–Kier alpha value is -3.45. The minimum atomic E-state index is -0.585. The number of carbonyl (C=O) groups is 3. The van der Waals surface area contributed by atoms with Crippen LogP contribution in [0.25, 0.3) is 0 Å². The van der Waals surface area contributed by atoms with Crippen LogP contribution in [-0.2, 0) is 38.9 Å². The first kappa shape index (κ1) is 89.6. The molecular formula is C53H52Cl13IN18NaO6S3-. The van der Waals surface area contributed by atoms with E-state index in [1.807, 2.05) is 22.6 Å². The first-order valence-electron chi connectivity index (χ1n) is 25.1. The van der Waals surface area contributed by atoms with E-state index in [1.165, 1.54) is 36.4 Å². The number of hydrogen-bond donors (Lipinski definition) is 7. The Morgan fingerprint density at radius 1 is 0.505 bits per heavy atom. The second kappa shape index (κ2) is 42.0. The standard InChI is InChI=1S/C15H15Cl3N4O2S.C10H11Cl2IN2O2.C10H12Cl2N2O2.C9H6Cl3N5S.C5H4Cl2N2.C4H3ClN3.Na.H2S/c1-15(2,3)24-10(23)5-7-4-8(11(17)12(18)21-7)25-14-13(19)22-9(16)6-20-14;1-10(2,3)17-9(16)15-6-4-5(13)7(11)8(12)14-6;1-10(2,3)16-9(15)14-7-5-4-6(11)8(12)13-7;10-4-2-15-9(8(14)16-4)18-3-1-5(13)17-7(12)6(3)11;6-3-1-2-4(8)9-5(3)7;5-3-1-7-2-4(6)8-3;;/h4,6H,5H2,1-3H3,(H2,19,22);4H,1-3H3,(H,14,15,16);4-5H,1-3H3,(H,13,14,15);1-2H,(H2,13,17)(H2,14,16);1-2H,(H2,8,9);1H,(H2,6,8);;1H2/q;;;;;-1;+1;/p-1. The van der Waals surface area contributed by atoms with Crippen molar-refractivity contribution in [1.29, 1.82) is 0 Å². The molecule has 8 rings (SSSR count). The molecule has 12 N–H and O–H groups in total. The van der Waals surface area contributed by atoms with E-state index >= 15 is 0 Å². The Morgan fingerprint density at radius 2 is 0.926 bits per heavy atom. The number of halogens is 14. The number of thiol groups is 1. The molecule has 0 radical (unpaired) electrons. The third-order valence-electron chi connectivity index (χ3n) is 8.81. The number of amides is 2. The fraction of sp³-hybridized carbons (Fsp3) is 0.245. The van der Waals surface area contributed by atoms with Crippen LogP contribution in [-0.4, -0.2) is 89.8 Å². The summed E-state index contributed by atoms with van der Waals surface area (Å²) in [5.74, 6) is 1.40. The minimum absolute atomic E-state index is 0. The fourth-order valence-electron chi connectivity index (χ4n) is 5.48. The maximum Gasteiger partial charge on any atom is 1.00 e. The molecule has 8 heterocycles. The van der Waals surface area contributed by atoms with Gasteiger partial charge in [-0.2, -0.15) is 0 Å². The van der Waals surface area contributed by atoms with E-state index in [9.17, 15) is 14.4 Å². The van der Waals surface area contributed by atoms with Crippen LogP contribution in [0.15, 0.2) is 80.9 Å². The number of nitrogens with one attached hydrogen (secondary N) is 2. The van der Waals surface area contributed by atoms with Crippen LogP contribution in [0.4, 0.5) is 50.3 Å². The van der Waals surface area contributed by atoms with Crippen molar-refractivity contribution in [1.82, 2.24) is 54.8 Å². The molecule has 24 nitrogen and oxygen atoms in total. The predicted molar refractivity (Wildman–Crippen MR) is 392 cm³/mol. The number of pyridine rings is 5. The number of ether oxygens (including phenoxy) is 3. The summed E-state index contributed by atoms with van der Waals surface area (Å²) in [6, 6.07) is 11.1. The van der Waals surface area contributed by atoms with E-state index in [4.69, 9.17) is 194 Å². The molecule has 0 atom stereocenters. The predicted octanol–water partition coefficient (Wildman–Crippen LogP) is 14.9. The maximum atomic E-state index is 12.0. The Labute approximate surface area is 662 Å². The van der Waals surface area contributed by atoms with Crippen molar-refractivity contribution in [2.24, 2.45) is 0 Å². The first-order chi connectivity index (χ1) is 43.0. The third kappa shape index (κ3) is 35.4. The first-order valence-corrected chi connectivity index (χ1v) is 32.8. The van der Waals surface area contributed by atoms with Crippen LogP contribution in [0.3, 0.4) is 0 Å². The molecule has 95 heavy (non-hydrogen) atoms. The second-order valence-corrected chi connectivity index (χ2v) is 28.2. The normalized spacial score (nSPS) is 10.6. The number of nitrogens with zero attached hydrogens (tertiary/aromatic N) is 11. The molecule has 0 aliphatic carbocycles. The SMILES string of the molecule is CC(C)(C)OC(=O)Cc1cc(Sc2ncc(Cl)nc2N)c(Cl)c(Cl)n1.CC(C)(C)OC(=O)Nc1cc(I)c(Cl)c(Cl)n1.CC(C)(C)OC(=O)Nc1ccc(Cl)c(Cl)n1.Nc1[c-]ncc(Cl)n1.Nc1cc(Sc2ncc(Cl)nc2N)c(Cl)c(Cl)n1.Nc1ccc(Cl)c(Cl)n1.[Na+].[SH-]. The molecule has 0 fully saturated rings. The molecule has 0 saturated carbocycles. The van der Waals surface area contributed by atoms with E-state index in [1.54, 1.807) is 98.7 Å². The van der Waals surface area contributed by atoms with Crippen molar-refractivity contribution < 1.29 is 58.2 Å². The van der Waals surface area contributed by atoms with Gasteiger partial charge in [-0.15, -0.1) is 6.20 Å². The largest absolute Gasteiger partial charge is 1.00 e. The van der Waals surface area contributed by atoms with Crippen molar-refractivity contribution in [3.05, 3.63) is 143 Å². The van der Waals surface area contributed by atoms with Crippen LogP contribution >= 0.6 is 197 Å². The monoisotopic (exact) mass is 1740 g/mol. The van der Waals surface area contributed by atoms with Gasteiger partial charge < -0.3 is 61.4 Å². The molecule has 0 aliphatic rings. The van der Waals surface area contributed by atoms with Gasteiger partial charge in [0, 0.05) is 19.2 Å².